The molecule has 0 saturated carbocycles. The van der Waals surface area contributed by atoms with Crippen LogP contribution >= 0.6 is 0 Å². The minimum atomic E-state index is -0.655. The van der Waals surface area contributed by atoms with E-state index in [-0.39, 0.29) is 23.7 Å². The second-order valence-electron chi connectivity index (χ2n) is 7.85. The number of anilines is 1. The summed E-state index contributed by atoms with van der Waals surface area (Å²) in [5.74, 6) is 1.04. The van der Waals surface area contributed by atoms with Crippen molar-refractivity contribution < 1.29 is 14.0 Å². The van der Waals surface area contributed by atoms with Gasteiger partial charge in [0, 0.05) is 22.7 Å². The molecule has 3 aromatic rings. The van der Waals surface area contributed by atoms with Crippen LogP contribution in [0, 0.1) is 5.92 Å². The number of aromatic nitrogens is 1. The van der Waals surface area contributed by atoms with Crippen molar-refractivity contribution in [2.45, 2.75) is 39.7 Å². The quantitative estimate of drug-likeness (QED) is 0.588. The van der Waals surface area contributed by atoms with E-state index < -0.39 is 6.04 Å². The Balaban J connectivity index is 1.67. The van der Waals surface area contributed by atoms with Crippen LogP contribution in [-0.4, -0.2) is 22.8 Å². The molecule has 1 heterocycles. The van der Waals surface area contributed by atoms with E-state index >= 15 is 0 Å². The molecule has 30 heavy (non-hydrogen) atoms. The summed E-state index contributed by atoms with van der Waals surface area (Å²) >= 11 is 0. The fraction of sp³-hybridized carbons (Fsp3) is 0.292. The Morgan fingerprint density at radius 2 is 1.60 bits per heavy atom. The standard InChI is InChI=1S/C24H27N3O3/c1-15(2)20-14-25-24(30-20)18-10-12-19(13-11-18)26-23(29)21(16(3)4)27-22(28)17-8-6-5-7-9-17/h5-16,21H,1-4H3,(H,26,29)(H,27,28). The summed E-state index contributed by atoms with van der Waals surface area (Å²) in [6.07, 6.45) is 1.73. The van der Waals surface area contributed by atoms with Crippen molar-refractivity contribution in [3.8, 4) is 11.5 Å². The number of carbonyl (C=O) groups is 2. The first-order valence-corrected chi connectivity index (χ1v) is 10.1. The van der Waals surface area contributed by atoms with E-state index in [2.05, 4.69) is 15.6 Å². The number of amides is 2. The van der Waals surface area contributed by atoms with Gasteiger partial charge in [0.2, 0.25) is 11.8 Å². The highest BCUT2D eigenvalue weighted by Crippen LogP contribution is 2.24. The third-order valence-electron chi connectivity index (χ3n) is 4.76. The zero-order valence-corrected chi connectivity index (χ0v) is 17.7. The van der Waals surface area contributed by atoms with Crippen LogP contribution in [0.3, 0.4) is 0 Å². The van der Waals surface area contributed by atoms with E-state index in [1.54, 1.807) is 42.6 Å². The fourth-order valence-electron chi connectivity index (χ4n) is 2.95. The third kappa shape index (κ3) is 5.14. The van der Waals surface area contributed by atoms with E-state index in [4.69, 9.17) is 4.42 Å². The van der Waals surface area contributed by atoms with Gasteiger partial charge in [-0.25, -0.2) is 4.98 Å². The zero-order chi connectivity index (χ0) is 21.7. The Morgan fingerprint density at radius 3 is 2.17 bits per heavy atom. The number of rotatable bonds is 7. The maximum Gasteiger partial charge on any atom is 0.251 e. The predicted octanol–water partition coefficient (Wildman–Crippen LogP) is 4.86. The first kappa shape index (κ1) is 21.3. The molecule has 0 aliphatic carbocycles. The minimum Gasteiger partial charge on any atom is -0.441 e. The van der Waals surface area contributed by atoms with Gasteiger partial charge in [-0.2, -0.15) is 0 Å². The Bertz CT molecular complexity index is 992. The lowest BCUT2D eigenvalue weighted by Gasteiger charge is -2.22. The molecular formula is C24H27N3O3. The first-order valence-electron chi connectivity index (χ1n) is 10.1. The van der Waals surface area contributed by atoms with Gasteiger partial charge in [-0.15, -0.1) is 0 Å². The van der Waals surface area contributed by atoms with Crippen molar-refractivity contribution in [1.82, 2.24) is 10.3 Å². The zero-order valence-electron chi connectivity index (χ0n) is 17.7. The number of nitrogens with one attached hydrogen (secondary N) is 2. The second-order valence-corrected chi connectivity index (χ2v) is 7.85. The third-order valence-corrected chi connectivity index (χ3v) is 4.76. The van der Waals surface area contributed by atoms with Crippen molar-refractivity contribution in [1.29, 1.82) is 0 Å². The van der Waals surface area contributed by atoms with E-state index in [1.807, 2.05) is 45.9 Å². The Morgan fingerprint density at radius 1 is 0.933 bits per heavy atom. The fourth-order valence-corrected chi connectivity index (χ4v) is 2.95. The number of hydrogen-bond donors (Lipinski definition) is 2. The molecule has 3 rings (SSSR count). The van der Waals surface area contributed by atoms with Crippen molar-refractivity contribution in [3.63, 3.8) is 0 Å². The van der Waals surface area contributed by atoms with Gasteiger partial charge in [0.15, 0.2) is 0 Å². The van der Waals surface area contributed by atoms with Crippen LogP contribution in [0.1, 0.15) is 49.7 Å². The van der Waals surface area contributed by atoms with Gasteiger partial charge in [-0.05, 0) is 42.3 Å². The summed E-state index contributed by atoms with van der Waals surface area (Å²) in [5, 5.41) is 5.70. The van der Waals surface area contributed by atoms with Crippen molar-refractivity contribution in [3.05, 3.63) is 72.1 Å². The molecule has 6 heteroatoms. The van der Waals surface area contributed by atoms with Gasteiger partial charge in [-0.1, -0.05) is 45.9 Å². The molecule has 2 N–H and O–H groups in total. The van der Waals surface area contributed by atoms with Crippen LogP contribution in [0.15, 0.2) is 65.2 Å². The Labute approximate surface area is 176 Å². The van der Waals surface area contributed by atoms with E-state index in [1.165, 1.54) is 0 Å². The Kier molecular flexibility index (Phi) is 6.67. The largest absolute Gasteiger partial charge is 0.441 e. The molecule has 0 spiro atoms. The van der Waals surface area contributed by atoms with Crippen molar-refractivity contribution in [2.75, 3.05) is 5.32 Å². The van der Waals surface area contributed by atoms with Gasteiger partial charge in [0.05, 0.1) is 6.20 Å². The van der Waals surface area contributed by atoms with Gasteiger partial charge in [0.1, 0.15) is 11.8 Å². The van der Waals surface area contributed by atoms with Crippen molar-refractivity contribution >= 4 is 17.5 Å². The summed E-state index contributed by atoms with van der Waals surface area (Å²) in [4.78, 5) is 29.6. The maximum absolute atomic E-state index is 12.8. The second kappa shape index (κ2) is 9.39. The molecule has 1 atom stereocenters. The normalized spacial score (nSPS) is 12.1. The summed E-state index contributed by atoms with van der Waals surface area (Å²) < 4.78 is 5.76. The molecule has 0 aliphatic rings. The molecule has 156 valence electrons. The van der Waals surface area contributed by atoms with E-state index in [0.29, 0.717) is 17.1 Å². The molecule has 0 bridgehead atoms. The summed E-state index contributed by atoms with van der Waals surface area (Å²) in [5.41, 5.74) is 1.99. The van der Waals surface area contributed by atoms with E-state index in [9.17, 15) is 9.59 Å². The highest BCUT2D eigenvalue weighted by Gasteiger charge is 2.24. The SMILES string of the molecule is CC(C)c1cnc(-c2ccc(NC(=O)C(NC(=O)c3ccccc3)C(C)C)cc2)o1. The molecule has 0 saturated heterocycles. The van der Waals surface area contributed by atoms with Crippen LogP contribution in [0.2, 0.25) is 0 Å². The Hall–Kier alpha value is -3.41. The molecule has 2 amide bonds. The molecule has 0 aliphatic heterocycles. The number of benzene rings is 2. The summed E-state index contributed by atoms with van der Waals surface area (Å²) in [7, 11) is 0. The number of hydrogen-bond acceptors (Lipinski definition) is 4. The van der Waals surface area contributed by atoms with Crippen LogP contribution in [0.5, 0.6) is 0 Å². The maximum atomic E-state index is 12.8. The first-order chi connectivity index (χ1) is 14.3. The summed E-state index contributed by atoms with van der Waals surface area (Å²) in [6, 6.07) is 15.5. The minimum absolute atomic E-state index is 0.0706. The molecule has 1 aromatic heterocycles. The lowest BCUT2D eigenvalue weighted by atomic mass is 10.0. The number of oxazole rings is 1. The van der Waals surface area contributed by atoms with Crippen LogP contribution in [0.4, 0.5) is 5.69 Å². The molecule has 2 aromatic carbocycles. The molecular weight excluding hydrogens is 378 g/mol. The lowest BCUT2D eigenvalue weighted by molar-refractivity contribution is -0.118. The molecule has 6 nitrogen and oxygen atoms in total. The van der Waals surface area contributed by atoms with Gasteiger partial charge in [-0.3, -0.25) is 9.59 Å². The van der Waals surface area contributed by atoms with Gasteiger partial charge < -0.3 is 15.1 Å². The monoisotopic (exact) mass is 405 g/mol. The molecule has 1 unspecified atom stereocenters. The molecule has 0 fully saturated rings. The number of nitrogens with zero attached hydrogens (tertiary/aromatic N) is 1. The molecule has 0 radical (unpaired) electrons. The van der Waals surface area contributed by atoms with Gasteiger partial charge >= 0.3 is 0 Å². The highest BCUT2D eigenvalue weighted by molar-refractivity contribution is 6.01. The van der Waals surface area contributed by atoms with Gasteiger partial charge in [0.25, 0.3) is 5.91 Å². The predicted molar refractivity (Wildman–Crippen MR) is 117 cm³/mol. The van der Waals surface area contributed by atoms with E-state index in [0.717, 1.165) is 11.3 Å². The average Bonchev–Trinajstić information content (AvgIpc) is 3.23. The lowest BCUT2D eigenvalue weighted by Crippen LogP contribution is -2.47. The summed E-state index contributed by atoms with van der Waals surface area (Å²) in [6.45, 7) is 7.89. The van der Waals surface area contributed by atoms with Crippen LogP contribution in [-0.2, 0) is 4.79 Å². The van der Waals surface area contributed by atoms with Crippen molar-refractivity contribution in [2.24, 2.45) is 5.92 Å². The smallest absolute Gasteiger partial charge is 0.251 e. The van der Waals surface area contributed by atoms with Crippen LogP contribution in [0.25, 0.3) is 11.5 Å². The topological polar surface area (TPSA) is 84.2 Å². The highest BCUT2D eigenvalue weighted by atomic mass is 16.4. The number of carbonyl (C=O) groups excluding carboxylic acids is 2. The van der Waals surface area contributed by atoms with Crippen LogP contribution < -0.4 is 10.6 Å². The average molecular weight is 405 g/mol.